The number of carbonyl (C=O) groups is 2. The van der Waals surface area contributed by atoms with Gasteiger partial charge in [-0.15, -0.1) is 11.8 Å². The van der Waals surface area contributed by atoms with Crippen molar-refractivity contribution in [2.45, 2.75) is 31.4 Å². The second-order valence-electron chi connectivity index (χ2n) is 6.85. The van der Waals surface area contributed by atoms with Crippen LogP contribution in [0.15, 0.2) is 53.4 Å². The van der Waals surface area contributed by atoms with Gasteiger partial charge in [0.1, 0.15) is 0 Å². The molecule has 0 aliphatic rings. The van der Waals surface area contributed by atoms with Crippen molar-refractivity contribution in [1.29, 1.82) is 5.26 Å². The number of Topliss-reactive ketones (excluding diaryl/α,β-unsaturated/α-hetero) is 1. The number of ketones is 1. The van der Waals surface area contributed by atoms with Gasteiger partial charge >= 0.3 is 5.97 Å². The monoisotopic (exact) mass is 367 g/mol. The SMILES string of the molecule is CC(C)(C)C(=O)COC(=O)c1ccccc1SCc1cccc(C#N)c1. The number of hydrogen-bond donors (Lipinski definition) is 0. The fourth-order valence-corrected chi connectivity index (χ4v) is 3.06. The summed E-state index contributed by atoms with van der Waals surface area (Å²) in [5.74, 6) is 0.00145. The van der Waals surface area contributed by atoms with Gasteiger partial charge in [0.2, 0.25) is 0 Å². The predicted molar refractivity (Wildman–Crippen MR) is 102 cm³/mol. The Labute approximate surface area is 158 Å². The molecule has 4 nitrogen and oxygen atoms in total. The number of benzene rings is 2. The molecule has 0 atom stereocenters. The molecular weight excluding hydrogens is 346 g/mol. The molecule has 0 saturated carbocycles. The van der Waals surface area contributed by atoms with Gasteiger partial charge in [0.25, 0.3) is 0 Å². The van der Waals surface area contributed by atoms with Crippen LogP contribution in [0.2, 0.25) is 0 Å². The number of hydrogen-bond acceptors (Lipinski definition) is 5. The molecule has 0 saturated heterocycles. The minimum atomic E-state index is -0.541. The molecule has 0 aromatic heterocycles. The molecule has 0 aliphatic carbocycles. The smallest absolute Gasteiger partial charge is 0.339 e. The molecule has 0 aliphatic heterocycles. The predicted octanol–water partition coefficient (Wildman–Crippen LogP) is 4.62. The Hall–Kier alpha value is -2.58. The Balaban J connectivity index is 2.06. The average molecular weight is 367 g/mol. The van der Waals surface area contributed by atoms with E-state index in [1.165, 1.54) is 11.8 Å². The molecule has 0 bridgehead atoms. The van der Waals surface area contributed by atoms with Crippen molar-refractivity contribution in [3.8, 4) is 6.07 Å². The van der Waals surface area contributed by atoms with E-state index in [0.717, 1.165) is 10.5 Å². The van der Waals surface area contributed by atoms with E-state index in [9.17, 15) is 9.59 Å². The lowest BCUT2D eigenvalue weighted by atomic mass is 9.91. The highest BCUT2D eigenvalue weighted by Crippen LogP contribution is 2.27. The number of nitrogens with zero attached hydrogens (tertiary/aromatic N) is 1. The number of thioether (sulfide) groups is 1. The maximum absolute atomic E-state index is 12.4. The first-order chi connectivity index (χ1) is 12.3. The van der Waals surface area contributed by atoms with Gasteiger partial charge in [0, 0.05) is 16.1 Å². The number of nitriles is 1. The van der Waals surface area contributed by atoms with Crippen LogP contribution in [0.4, 0.5) is 0 Å². The zero-order chi connectivity index (χ0) is 19.2. The van der Waals surface area contributed by atoms with Crippen molar-refractivity contribution < 1.29 is 14.3 Å². The van der Waals surface area contributed by atoms with E-state index in [1.54, 1.807) is 39.0 Å². The lowest BCUT2D eigenvalue weighted by molar-refractivity contribution is -0.129. The van der Waals surface area contributed by atoms with Gasteiger partial charge < -0.3 is 4.74 Å². The van der Waals surface area contributed by atoms with Gasteiger partial charge in [0.05, 0.1) is 17.2 Å². The van der Waals surface area contributed by atoms with E-state index in [2.05, 4.69) is 6.07 Å². The summed E-state index contributed by atoms with van der Waals surface area (Å²) >= 11 is 1.49. The molecule has 5 heteroatoms. The zero-order valence-corrected chi connectivity index (χ0v) is 15.9. The minimum Gasteiger partial charge on any atom is -0.454 e. The van der Waals surface area contributed by atoms with Crippen LogP contribution in [0, 0.1) is 16.7 Å². The maximum atomic E-state index is 12.4. The molecule has 0 radical (unpaired) electrons. The molecule has 0 unspecified atom stereocenters. The first-order valence-corrected chi connectivity index (χ1v) is 9.21. The third-order valence-electron chi connectivity index (χ3n) is 3.73. The number of carbonyl (C=O) groups excluding carboxylic acids is 2. The van der Waals surface area contributed by atoms with Gasteiger partial charge in [-0.05, 0) is 29.8 Å². The fourth-order valence-electron chi connectivity index (χ4n) is 2.08. The van der Waals surface area contributed by atoms with Crippen molar-refractivity contribution in [3.63, 3.8) is 0 Å². The van der Waals surface area contributed by atoms with Crippen LogP contribution < -0.4 is 0 Å². The molecule has 0 fully saturated rings. The third kappa shape index (κ3) is 5.47. The van der Waals surface area contributed by atoms with Crippen LogP contribution in [0.3, 0.4) is 0 Å². The molecule has 2 aromatic carbocycles. The number of ether oxygens (including phenoxy) is 1. The maximum Gasteiger partial charge on any atom is 0.339 e. The van der Waals surface area contributed by atoms with E-state index >= 15 is 0 Å². The van der Waals surface area contributed by atoms with Crippen LogP contribution in [-0.2, 0) is 15.3 Å². The highest BCUT2D eigenvalue weighted by atomic mass is 32.2. The molecule has 0 spiro atoms. The van der Waals surface area contributed by atoms with Gasteiger partial charge in [0.15, 0.2) is 12.4 Å². The van der Waals surface area contributed by atoms with E-state index in [4.69, 9.17) is 10.00 Å². The molecule has 0 N–H and O–H groups in total. The number of esters is 1. The Morgan fingerprint density at radius 1 is 1.12 bits per heavy atom. The third-order valence-corrected chi connectivity index (χ3v) is 4.87. The van der Waals surface area contributed by atoms with Gasteiger partial charge in [-0.1, -0.05) is 45.0 Å². The highest BCUT2D eigenvalue weighted by molar-refractivity contribution is 7.98. The summed E-state index contributed by atoms with van der Waals surface area (Å²) in [6.45, 7) is 5.15. The Morgan fingerprint density at radius 2 is 1.85 bits per heavy atom. The molecule has 2 rings (SSSR count). The average Bonchev–Trinajstić information content (AvgIpc) is 2.63. The van der Waals surface area contributed by atoms with Crippen molar-refractivity contribution in [2.75, 3.05) is 6.61 Å². The number of rotatable bonds is 6. The van der Waals surface area contributed by atoms with E-state index in [1.807, 2.05) is 30.3 Å². The summed E-state index contributed by atoms with van der Waals surface area (Å²) in [5.41, 5.74) is 1.51. The first-order valence-electron chi connectivity index (χ1n) is 8.22. The van der Waals surface area contributed by atoms with Crippen molar-refractivity contribution in [1.82, 2.24) is 0 Å². The van der Waals surface area contributed by atoms with Crippen LogP contribution in [0.25, 0.3) is 0 Å². The van der Waals surface area contributed by atoms with Gasteiger partial charge in [-0.25, -0.2) is 4.79 Å². The molecular formula is C21H21NO3S. The molecule has 134 valence electrons. The highest BCUT2D eigenvalue weighted by Gasteiger charge is 2.23. The quantitative estimate of drug-likeness (QED) is 0.550. The summed E-state index contributed by atoms with van der Waals surface area (Å²) in [7, 11) is 0. The van der Waals surface area contributed by atoms with Gasteiger partial charge in [-0.2, -0.15) is 5.26 Å². The normalized spacial score (nSPS) is 10.8. The first kappa shape index (κ1) is 19.7. The lowest BCUT2D eigenvalue weighted by Crippen LogP contribution is -2.26. The summed E-state index contributed by atoms with van der Waals surface area (Å²) < 4.78 is 5.20. The Bertz CT molecular complexity index is 847. The Kier molecular flexibility index (Phi) is 6.59. The second-order valence-corrected chi connectivity index (χ2v) is 7.86. The van der Waals surface area contributed by atoms with Crippen LogP contribution in [-0.4, -0.2) is 18.4 Å². The molecule has 2 aromatic rings. The van der Waals surface area contributed by atoms with E-state index in [-0.39, 0.29) is 12.4 Å². The van der Waals surface area contributed by atoms with Gasteiger partial charge in [-0.3, -0.25) is 4.79 Å². The summed E-state index contributed by atoms with van der Waals surface area (Å²) in [6, 6.07) is 16.6. The topological polar surface area (TPSA) is 67.2 Å². The van der Waals surface area contributed by atoms with E-state index < -0.39 is 11.4 Å². The fraction of sp³-hybridized carbons (Fsp3) is 0.286. The molecule has 26 heavy (non-hydrogen) atoms. The lowest BCUT2D eigenvalue weighted by Gasteiger charge is -2.16. The van der Waals surface area contributed by atoms with Crippen molar-refractivity contribution in [3.05, 3.63) is 65.2 Å². The zero-order valence-electron chi connectivity index (χ0n) is 15.1. The van der Waals surface area contributed by atoms with Crippen LogP contribution in [0.5, 0.6) is 0 Å². The molecule has 0 amide bonds. The van der Waals surface area contributed by atoms with E-state index in [0.29, 0.717) is 16.9 Å². The minimum absolute atomic E-state index is 0.121. The molecule has 0 heterocycles. The summed E-state index contributed by atoms with van der Waals surface area (Å²) in [4.78, 5) is 25.1. The summed E-state index contributed by atoms with van der Waals surface area (Å²) in [6.07, 6.45) is 0. The van der Waals surface area contributed by atoms with Crippen molar-refractivity contribution >= 4 is 23.5 Å². The standard InChI is InChI=1S/C21H21NO3S/c1-21(2,3)19(23)13-25-20(24)17-9-4-5-10-18(17)26-14-16-8-6-7-15(11-16)12-22/h4-11H,13-14H2,1-3H3. The van der Waals surface area contributed by atoms with Crippen LogP contribution in [0.1, 0.15) is 42.3 Å². The Morgan fingerprint density at radius 3 is 2.54 bits per heavy atom. The van der Waals surface area contributed by atoms with Crippen LogP contribution >= 0.6 is 11.8 Å². The summed E-state index contributed by atoms with van der Waals surface area (Å²) in [5, 5.41) is 8.98. The largest absolute Gasteiger partial charge is 0.454 e. The van der Waals surface area contributed by atoms with Crippen molar-refractivity contribution in [2.24, 2.45) is 5.41 Å². The second kappa shape index (κ2) is 8.68.